The SMILES string of the molecule is Cc1cccc(C(=O)Nc2nc3cc(C)ccn3n2)c1. The van der Waals surface area contributed by atoms with E-state index in [9.17, 15) is 4.79 Å². The van der Waals surface area contributed by atoms with Crippen LogP contribution in [0.3, 0.4) is 0 Å². The van der Waals surface area contributed by atoms with E-state index >= 15 is 0 Å². The number of fused-ring (bicyclic) bond motifs is 1. The Bertz CT molecular complexity index is 791. The first-order valence-electron chi connectivity index (χ1n) is 6.33. The van der Waals surface area contributed by atoms with Crippen molar-refractivity contribution in [3.63, 3.8) is 0 Å². The van der Waals surface area contributed by atoms with Gasteiger partial charge < -0.3 is 0 Å². The van der Waals surface area contributed by atoms with E-state index in [4.69, 9.17) is 0 Å². The average molecular weight is 266 g/mol. The first-order chi connectivity index (χ1) is 9.61. The van der Waals surface area contributed by atoms with Crippen LogP contribution in [0, 0.1) is 13.8 Å². The maximum atomic E-state index is 12.1. The van der Waals surface area contributed by atoms with E-state index in [-0.39, 0.29) is 5.91 Å². The Balaban J connectivity index is 1.87. The van der Waals surface area contributed by atoms with E-state index in [1.807, 2.05) is 50.4 Å². The third-order valence-corrected chi connectivity index (χ3v) is 3.00. The molecule has 0 aliphatic rings. The van der Waals surface area contributed by atoms with Crippen LogP contribution in [0.5, 0.6) is 0 Å². The standard InChI is InChI=1S/C15H14N4O/c1-10-4-3-5-12(8-10)14(20)17-15-16-13-9-11(2)6-7-19(13)18-15/h3-9H,1-2H3,(H,17,18,20). The molecule has 0 atom stereocenters. The van der Waals surface area contributed by atoms with Crippen molar-refractivity contribution in [2.75, 3.05) is 5.32 Å². The van der Waals surface area contributed by atoms with E-state index < -0.39 is 0 Å². The number of aryl methyl sites for hydroxylation is 2. The Kier molecular flexibility index (Phi) is 2.95. The first-order valence-corrected chi connectivity index (χ1v) is 6.33. The van der Waals surface area contributed by atoms with Crippen molar-refractivity contribution in [1.82, 2.24) is 14.6 Å². The summed E-state index contributed by atoms with van der Waals surface area (Å²) in [5.74, 6) is 0.100. The van der Waals surface area contributed by atoms with Crippen LogP contribution in [0.1, 0.15) is 21.5 Å². The molecule has 1 N–H and O–H groups in total. The van der Waals surface area contributed by atoms with Crippen molar-refractivity contribution in [3.05, 3.63) is 59.3 Å². The molecule has 0 aliphatic heterocycles. The highest BCUT2D eigenvalue weighted by Gasteiger charge is 2.10. The quantitative estimate of drug-likeness (QED) is 0.775. The molecule has 2 aromatic heterocycles. The van der Waals surface area contributed by atoms with Gasteiger partial charge >= 0.3 is 0 Å². The lowest BCUT2D eigenvalue weighted by Gasteiger charge is -2.01. The fraction of sp³-hybridized carbons (Fsp3) is 0.133. The lowest BCUT2D eigenvalue weighted by Crippen LogP contribution is -2.13. The summed E-state index contributed by atoms with van der Waals surface area (Å²) >= 11 is 0. The molecule has 1 amide bonds. The molecule has 0 aliphatic carbocycles. The molecule has 0 saturated heterocycles. The Morgan fingerprint density at radius 2 is 1.95 bits per heavy atom. The molecule has 0 saturated carbocycles. The molecule has 5 nitrogen and oxygen atoms in total. The molecular weight excluding hydrogens is 252 g/mol. The van der Waals surface area contributed by atoms with E-state index in [1.54, 1.807) is 10.6 Å². The van der Waals surface area contributed by atoms with Crippen molar-refractivity contribution in [3.8, 4) is 0 Å². The predicted octanol–water partition coefficient (Wildman–Crippen LogP) is 2.60. The van der Waals surface area contributed by atoms with Gasteiger partial charge in [0.2, 0.25) is 5.95 Å². The minimum absolute atomic E-state index is 0.207. The predicted molar refractivity (Wildman–Crippen MR) is 76.9 cm³/mol. The molecule has 0 unspecified atom stereocenters. The molecule has 100 valence electrons. The molecule has 2 heterocycles. The Morgan fingerprint density at radius 1 is 1.15 bits per heavy atom. The highest BCUT2D eigenvalue weighted by Crippen LogP contribution is 2.10. The number of pyridine rings is 1. The van der Waals surface area contributed by atoms with Crippen LogP contribution in [0.15, 0.2) is 42.6 Å². The van der Waals surface area contributed by atoms with Crippen LogP contribution in [0.2, 0.25) is 0 Å². The van der Waals surface area contributed by atoms with Gasteiger partial charge in [0.05, 0.1) is 0 Å². The zero-order chi connectivity index (χ0) is 14.1. The largest absolute Gasteiger partial charge is 0.289 e. The number of hydrogen-bond donors (Lipinski definition) is 1. The highest BCUT2D eigenvalue weighted by molar-refractivity contribution is 6.03. The van der Waals surface area contributed by atoms with Gasteiger partial charge in [-0.25, -0.2) is 4.52 Å². The number of carbonyl (C=O) groups is 1. The molecule has 20 heavy (non-hydrogen) atoms. The van der Waals surface area contributed by atoms with E-state index in [2.05, 4.69) is 15.4 Å². The number of aromatic nitrogens is 3. The Morgan fingerprint density at radius 3 is 2.75 bits per heavy atom. The Labute approximate surface area is 116 Å². The van der Waals surface area contributed by atoms with Crippen molar-refractivity contribution >= 4 is 17.5 Å². The third kappa shape index (κ3) is 2.38. The van der Waals surface area contributed by atoms with Gasteiger partial charge in [-0.3, -0.25) is 10.1 Å². The summed E-state index contributed by atoms with van der Waals surface area (Å²) in [6.07, 6.45) is 1.82. The van der Waals surface area contributed by atoms with Gasteiger partial charge in [0.1, 0.15) is 0 Å². The first kappa shape index (κ1) is 12.3. The van der Waals surface area contributed by atoms with Crippen molar-refractivity contribution in [2.24, 2.45) is 0 Å². The van der Waals surface area contributed by atoms with Crippen LogP contribution in [0.25, 0.3) is 5.65 Å². The fourth-order valence-corrected chi connectivity index (χ4v) is 2.00. The number of nitrogens with one attached hydrogen (secondary N) is 1. The van der Waals surface area contributed by atoms with Gasteiger partial charge in [0, 0.05) is 11.8 Å². The minimum atomic E-state index is -0.207. The molecular formula is C15H14N4O. The van der Waals surface area contributed by atoms with Crippen molar-refractivity contribution in [2.45, 2.75) is 13.8 Å². The smallest absolute Gasteiger partial charge is 0.258 e. The summed E-state index contributed by atoms with van der Waals surface area (Å²) in [4.78, 5) is 16.4. The molecule has 3 rings (SSSR count). The van der Waals surface area contributed by atoms with Crippen molar-refractivity contribution in [1.29, 1.82) is 0 Å². The summed E-state index contributed by atoms with van der Waals surface area (Å²) < 4.78 is 1.64. The monoisotopic (exact) mass is 266 g/mol. The van der Waals surface area contributed by atoms with Crippen LogP contribution in [-0.4, -0.2) is 20.5 Å². The van der Waals surface area contributed by atoms with E-state index in [1.165, 1.54) is 0 Å². The van der Waals surface area contributed by atoms with Gasteiger partial charge in [0.25, 0.3) is 5.91 Å². The summed E-state index contributed by atoms with van der Waals surface area (Å²) in [5, 5.41) is 6.93. The summed E-state index contributed by atoms with van der Waals surface area (Å²) in [6.45, 7) is 3.93. The number of amides is 1. The van der Waals surface area contributed by atoms with Crippen LogP contribution < -0.4 is 5.32 Å². The highest BCUT2D eigenvalue weighted by atomic mass is 16.1. The summed E-state index contributed by atoms with van der Waals surface area (Å²) in [7, 11) is 0. The molecule has 0 fully saturated rings. The normalized spacial score (nSPS) is 10.7. The molecule has 0 bridgehead atoms. The van der Waals surface area contributed by atoms with Crippen LogP contribution in [0.4, 0.5) is 5.95 Å². The van der Waals surface area contributed by atoms with Crippen LogP contribution in [-0.2, 0) is 0 Å². The zero-order valence-corrected chi connectivity index (χ0v) is 11.3. The number of hydrogen-bond acceptors (Lipinski definition) is 3. The number of anilines is 1. The number of rotatable bonds is 2. The summed E-state index contributed by atoms with van der Waals surface area (Å²) in [6, 6.07) is 11.2. The maximum Gasteiger partial charge on any atom is 0.258 e. The second-order valence-electron chi connectivity index (χ2n) is 4.77. The topological polar surface area (TPSA) is 59.3 Å². The molecule has 0 spiro atoms. The third-order valence-electron chi connectivity index (χ3n) is 3.00. The van der Waals surface area contributed by atoms with Gasteiger partial charge in [-0.2, -0.15) is 4.98 Å². The fourth-order valence-electron chi connectivity index (χ4n) is 2.00. The second kappa shape index (κ2) is 4.77. The molecule has 1 aromatic carbocycles. The maximum absolute atomic E-state index is 12.1. The number of carbonyl (C=O) groups excluding carboxylic acids is 1. The van der Waals surface area contributed by atoms with Gasteiger partial charge in [-0.1, -0.05) is 17.7 Å². The lowest BCUT2D eigenvalue weighted by molar-refractivity contribution is 0.102. The van der Waals surface area contributed by atoms with Crippen molar-refractivity contribution < 1.29 is 4.79 Å². The minimum Gasteiger partial charge on any atom is -0.289 e. The number of benzene rings is 1. The van der Waals surface area contributed by atoms with Gasteiger partial charge in [-0.05, 0) is 43.7 Å². The Hall–Kier alpha value is -2.69. The van der Waals surface area contributed by atoms with Gasteiger partial charge in [0.15, 0.2) is 5.65 Å². The van der Waals surface area contributed by atoms with Crippen LogP contribution >= 0.6 is 0 Å². The number of nitrogens with zero attached hydrogens (tertiary/aromatic N) is 3. The van der Waals surface area contributed by atoms with Gasteiger partial charge in [-0.15, -0.1) is 5.10 Å². The second-order valence-corrected chi connectivity index (χ2v) is 4.77. The van der Waals surface area contributed by atoms with E-state index in [0.29, 0.717) is 17.2 Å². The lowest BCUT2D eigenvalue weighted by atomic mass is 10.1. The molecule has 3 aromatic rings. The molecule has 0 radical (unpaired) electrons. The zero-order valence-electron chi connectivity index (χ0n) is 11.3. The average Bonchev–Trinajstić information content (AvgIpc) is 2.80. The summed E-state index contributed by atoms with van der Waals surface area (Å²) in [5.41, 5.74) is 3.45. The molecule has 5 heteroatoms. The van der Waals surface area contributed by atoms with E-state index in [0.717, 1.165) is 11.1 Å².